The molecule has 0 saturated carbocycles. The van der Waals surface area contributed by atoms with Crippen LogP contribution in [0.2, 0.25) is 0 Å². The molecule has 1 aliphatic heterocycles. The van der Waals surface area contributed by atoms with E-state index in [0.717, 1.165) is 30.8 Å². The minimum atomic E-state index is -3.58. The molecule has 134 valence electrons. The van der Waals surface area contributed by atoms with Gasteiger partial charge in [-0.25, -0.2) is 12.4 Å². The van der Waals surface area contributed by atoms with Gasteiger partial charge in [-0.2, -0.15) is 0 Å². The molecule has 0 N–H and O–H groups in total. The summed E-state index contributed by atoms with van der Waals surface area (Å²) >= 11 is 0. The minimum Gasteiger partial charge on any atom is -0.289 e. The summed E-state index contributed by atoms with van der Waals surface area (Å²) in [5.74, 6) is 0. The Morgan fingerprint density at radius 1 is 1.00 bits per heavy atom. The second-order valence-corrected chi connectivity index (χ2v) is 8.31. The maximum absolute atomic E-state index is 13.0. The van der Waals surface area contributed by atoms with Crippen molar-refractivity contribution in [3.05, 3.63) is 84.4 Å². The minimum absolute atomic E-state index is 0.235. The lowest BCUT2D eigenvalue weighted by atomic mass is 10.1. The fourth-order valence-electron chi connectivity index (χ4n) is 3.60. The van der Waals surface area contributed by atoms with E-state index >= 15 is 0 Å². The molecule has 4 rings (SSSR count). The van der Waals surface area contributed by atoms with Crippen LogP contribution in [0.1, 0.15) is 30.3 Å². The monoisotopic (exact) mass is 367 g/mol. The van der Waals surface area contributed by atoms with E-state index in [0.29, 0.717) is 11.4 Å². The predicted molar refractivity (Wildman–Crippen MR) is 100 cm³/mol. The molecule has 3 aromatic rings. The van der Waals surface area contributed by atoms with Crippen LogP contribution >= 0.6 is 0 Å². The highest BCUT2D eigenvalue weighted by molar-refractivity contribution is 7.90. The average Bonchev–Trinajstić information content (AvgIpc) is 3.33. The normalized spacial score (nSPS) is 18.2. The lowest BCUT2D eigenvalue weighted by Gasteiger charge is -2.24. The smallest absolute Gasteiger partial charge is 0.267 e. The standard InChI is InChI=1S/C20H21N3O2S/c24-26(25,18-9-2-1-3-10-18)23-15-6-8-17(23)16-22-14-7-12-20(22)19-11-4-5-13-21-19/h1-6,8-11,13,15,20H,7,12,14,16H2. The summed E-state index contributed by atoms with van der Waals surface area (Å²) in [7, 11) is -3.58. The topological polar surface area (TPSA) is 55.2 Å². The molecule has 3 heterocycles. The Hall–Kier alpha value is -2.44. The molecular weight excluding hydrogens is 346 g/mol. The molecule has 1 aliphatic rings. The fourth-order valence-corrected chi connectivity index (χ4v) is 4.98. The SMILES string of the molecule is O=S(=O)(c1ccccc1)n1cccc1CN1CCCC1c1ccccn1. The first kappa shape index (κ1) is 17.0. The molecular formula is C20H21N3O2S. The zero-order chi connectivity index (χ0) is 18.0. The number of hydrogen-bond acceptors (Lipinski definition) is 4. The Kier molecular flexibility index (Phi) is 4.61. The first-order chi connectivity index (χ1) is 12.7. The van der Waals surface area contributed by atoms with Crippen LogP contribution in [0.4, 0.5) is 0 Å². The molecule has 1 fully saturated rings. The summed E-state index contributed by atoms with van der Waals surface area (Å²) in [5, 5.41) is 0. The molecule has 0 aliphatic carbocycles. The van der Waals surface area contributed by atoms with Crippen molar-refractivity contribution in [2.24, 2.45) is 0 Å². The van der Waals surface area contributed by atoms with Gasteiger partial charge >= 0.3 is 0 Å². The number of rotatable bonds is 5. The van der Waals surface area contributed by atoms with E-state index in [1.807, 2.05) is 36.5 Å². The van der Waals surface area contributed by atoms with Crippen molar-refractivity contribution in [1.29, 1.82) is 0 Å². The zero-order valence-electron chi connectivity index (χ0n) is 14.4. The summed E-state index contributed by atoms with van der Waals surface area (Å²) < 4.78 is 27.3. The van der Waals surface area contributed by atoms with E-state index in [1.54, 1.807) is 36.5 Å². The van der Waals surface area contributed by atoms with Crippen molar-refractivity contribution in [3.8, 4) is 0 Å². The first-order valence-electron chi connectivity index (χ1n) is 8.78. The highest BCUT2D eigenvalue weighted by Gasteiger charge is 2.28. The molecule has 0 amide bonds. The van der Waals surface area contributed by atoms with Crippen LogP contribution in [-0.4, -0.2) is 28.8 Å². The number of hydrogen-bond donors (Lipinski definition) is 0. The number of pyridine rings is 1. The highest BCUT2D eigenvalue weighted by Crippen LogP contribution is 2.32. The van der Waals surface area contributed by atoms with Crippen LogP contribution in [0.3, 0.4) is 0 Å². The van der Waals surface area contributed by atoms with Crippen LogP contribution in [0.15, 0.2) is 78.0 Å². The third kappa shape index (κ3) is 3.18. The van der Waals surface area contributed by atoms with Crippen LogP contribution in [0, 0.1) is 0 Å². The molecule has 6 heteroatoms. The van der Waals surface area contributed by atoms with E-state index in [9.17, 15) is 8.42 Å². The Bertz CT molecular complexity index is 969. The van der Waals surface area contributed by atoms with Crippen molar-refractivity contribution in [1.82, 2.24) is 13.9 Å². The largest absolute Gasteiger partial charge is 0.289 e. The van der Waals surface area contributed by atoms with Crippen molar-refractivity contribution in [2.75, 3.05) is 6.54 Å². The molecule has 0 spiro atoms. The molecule has 1 atom stereocenters. The quantitative estimate of drug-likeness (QED) is 0.693. The maximum Gasteiger partial charge on any atom is 0.267 e. The molecule has 5 nitrogen and oxygen atoms in total. The molecule has 2 aromatic heterocycles. The summed E-state index contributed by atoms with van der Waals surface area (Å²) in [6.07, 6.45) is 5.58. The van der Waals surface area contributed by atoms with Crippen molar-refractivity contribution in [2.45, 2.75) is 30.3 Å². The summed E-state index contributed by atoms with van der Waals surface area (Å²) in [5.41, 5.74) is 1.82. The highest BCUT2D eigenvalue weighted by atomic mass is 32.2. The number of aromatic nitrogens is 2. The van der Waals surface area contributed by atoms with E-state index in [1.165, 1.54) is 3.97 Å². The summed E-state index contributed by atoms with van der Waals surface area (Å²) in [6, 6.07) is 18.4. The van der Waals surface area contributed by atoms with Gasteiger partial charge in [0.1, 0.15) is 0 Å². The molecule has 1 aromatic carbocycles. The third-order valence-electron chi connectivity index (χ3n) is 4.85. The van der Waals surface area contributed by atoms with Gasteiger partial charge in [0.25, 0.3) is 10.0 Å². The van der Waals surface area contributed by atoms with Crippen LogP contribution in [-0.2, 0) is 16.6 Å². The lowest BCUT2D eigenvalue weighted by Crippen LogP contribution is -2.26. The zero-order valence-corrected chi connectivity index (χ0v) is 15.2. The Morgan fingerprint density at radius 2 is 1.81 bits per heavy atom. The number of benzene rings is 1. The molecule has 1 saturated heterocycles. The van der Waals surface area contributed by atoms with Crippen LogP contribution in [0.5, 0.6) is 0 Å². The Labute approximate surface area is 154 Å². The fraction of sp³-hybridized carbons (Fsp3) is 0.250. The molecule has 1 unspecified atom stereocenters. The third-order valence-corrected chi connectivity index (χ3v) is 6.59. The second-order valence-electron chi connectivity index (χ2n) is 6.50. The van der Waals surface area contributed by atoms with Gasteiger partial charge in [0, 0.05) is 24.6 Å². The van der Waals surface area contributed by atoms with Gasteiger partial charge in [0.05, 0.1) is 16.6 Å². The summed E-state index contributed by atoms with van der Waals surface area (Å²) in [4.78, 5) is 7.11. The molecule has 0 bridgehead atoms. The van der Waals surface area contributed by atoms with Crippen LogP contribution in [0.25, 0.3) is 0 Å². The number of likely N-dealkylation sites (tertiary alicyclic amines) is 1. The van der Waals surface area contributed by atoms with Gasteiger partial charge in [-0.3, -0.25) is 9.88 Å². The van der Waals surface area contributed by atoms with Crippen molar-refractivity contribution in [3.63, 3.8) is 0 Å². The van der Waals surface area contributed by atoms with E-state index in [2.05, 4.69) is 9.88 Å². The van der Waals surface area contributed by atoms with Crippen LogP contribution < -0.4 is 0 Å². The average molecular weight is 367 g/mol. The van der Waals surface area contributed by atoms with Gasteiger partial charge in [-0.15, -0.1) is 0 Å². The van der Waals surface area contributed by atoms with Crippen molar-refractivity contribution >= 4 is 10.0 Å². The summed E-state index contributed by atoms with van der Waals surface area (Å²) in [6.45, 7) is 1.53. The van der Waals surface area contributed by atoms with Gasteiger partial charge in [0.15, 0.2) is 0 Å². The van der Waals surface area contributed by atoms with Gasteiger partial charge in [-0.05, 0) is 55.8 Å². The molecule has 26 heavy (non-hydrogen) atoms. The first-order valence-corrected chi connectivity index (χ1v) is 10.2. The van der Waals surface area contributed by atoms with E-state index in [4.69, 9.17) is 0 Å². The number of nitrogens with zero attached hydrogens (tertiary/aromatic N) is 3. The predicted octanol–water partition coefficient (Wildman–Crippen LogP) is 3.46. The van der Waals surface area contributed by atoms with Gasteiger partial charge in [0.2, 0.25) is 0 Å². The lowest BCUT2D eigenvalue weighted by molar-refractivity contribution is 0.241. The second kappa shape index (κ2) is 7.05. The molecule has 0 radical (unpaired) electrons. The van der Waals surface area contributed by atoms with Gasteiger partial charge < -0.3 is 0 Å². The van der Waals surface area contributed by atoms with E-state index < -0.39 is 10.0 Å². The maximum atomic E-state index is 13.0. The Balaban J connectivity index is 1.62. The van der Waals surface area contributed by atoms with Crippen molar-refractivity contribution < 1.29 is 8.42 Å². The Morgan fingerprint density at radius 3 is 2.58 bits per heavy atom. The van der Waals surface area contributed by atoms with E-state index in [-0.39, 0.29) is 6.04 Å². The van der Waals surface area contributed by atoms with Gasteiger partial charge in [-0.1, -0.05) is 24.3 Å².